The number of rotatable bonds is 4. The Bertz CT molecular complexity index is 378. The smallest absolute Gasteiger partial charge is 0.130 e. The third-order valence-corrected chi connectivity index (χ3v) is 3.73. The Labute approximate surface area is 97.9 Å². The number of carbonyl (C=O) groups is 1. The zero-order valence-electron chi connectivity index (χ0n) is 10.4. The van der Waals surface area contributed by atoms with Crippen LogP contribution in [0.25, 0.3) is 0 Å². The van der Waals surface area contributed by atoms with Crippen LogP contribution in [0, 0.1) is 11.3 Å². The van der Waals surface area contributed by atoms with Gasteiger partial charge in [-0.05, 0) is 36.2 Å². The molecular weight excluding hydrogens is 196 g/mol. The lowest BCUT2D eigenvalue weighted by atomic mass is 9.81. The van der Waals surface area contributed by atoms with Crippen LogP contribution in [0.15, 0.2) is 30.3 Å². The highest BCUT2D eigenvalue weighted by Gasteiger charge is 2.48. The summed E-state index contributed by atoms with van der Waals surface area (Å²) in [4.78, 5) is 11.2. The Morgan fingerprint density at radius 2 is 1.94 bits per heavy atom. The first-order chi connectivity index (χ1) is 7.50. The van der Waals surface area contributed by atoms with E-state index in [1.165, 1.54) is 12.0 Å². The van der Waals surface area contributed by atoms with Crippen molar-refractivity contribution in [1.29, 1.82) is 0 Å². The fourth-order valence-electron chi connectivity index (χ4n) is 2.90. The molecule has 1 nitrogen and oxygen atoms in total. The largest absolute Gasteiger partial charge is 0.300 e. The molecule has 0 aromatic heterocycles. The molecule has 2 rings (SSSR count). The minimum atomic E-state index is 0.159. The Balaban J connectivity index is 2.04. The van der Waals surface area contributed by atoms with Crippen molar-refractivity contribution in [2.24, 2.45) is 11.3 Å². The van der Waals surface area contributed by atoms with Crippen molar-refractivity contribution in [3.8, 4) is 0 Å². The van der Waals surface area contributed by atoms with Gasteiger partial charge in [-0.25, -0.2) is 0 Å². The second-order valence-electron chi connectivity index (χ2n) is 5.73. The van der Waals surface area contributed by atoms with Gasteiger partial charge in [0.05, 0.1) is 0 Å². The minimum Gasteiger partial charge on any atom is -0.300 e. The SMILES string of the molecule is CC(=O)CC(C)(C)C1CC1c1ccccc1. The Morgan fingerprint density at radius 1 is 1.31 bits per heavy atom. The highest BCUT2D eigenvalue weighted by Crippen LogP contribution is 2.58. The molecule has 0 amide bonds. The summed E-state index contributed by atoms with van der Waals surface area (Å²) in [5.41, 5.74) is 1.59. The van der Waals surface area contributed by atoms with E-state index < -0.39 is 0 Å². The average molecular weight is 216 g/mol. The van der Waals surface area contributed by atoms with Crippen LogP contribution in [0.5, 0.6) is 0 Å². The van der Waals surface area contributed by atoms with Gasteiger partial charge in [0.25, 0.3) is 0 Å². The molecule has 1 aliphatic carbocycles. The molecule has 1 fully saturated rings. The molecule has 86 valence electrons. The summed E-state index contributed by atoms with van der Waals surface area (Å²) in [6.07, 6.45) is 1.95. The van der Waals surface area contributed by atoms with E-state index in [1.54, 1.807) is 6.92 Å². The first-order valence-corrected chi connectivity index (χ1v) is 6.05. The third kappa shape index (κ3) is 2.34. The number of benzene rings is 1. The topological polar surface area (TPSA) is 17.1 Å². The van der Waals surface area contributed by atoms with Gasteiger partial charge in [0.1, 0.15) is 5.78 Å². The summed E-state index contributed by atoms with van der Waals surface area (Å²) in [6.45, 7) is 6.14. The molecule has 0 aliphatic heterocycles. The van der Waals surface area contributed by atoms with E-state index in [2.05, 4.69) is 44.2 Å². The van der Waals surface area contributed by atoms with Crippen LogP contribution in [0.1, 0.15) is 45.1 Å². The van der Waals surface area contributed by atoms with E-state index in [4.69, 9.17) is 0 Å². The van der Waals surface area contributed by atoms with Crippen LogP contribution in [0.2, 0.25) is 0 Å². The highest BCUT2D eigenvalue weighted by molar-refractivity contribution is 5.76. The van der Waals surface area contributed by atoms with Gasteiger partial charge >= 0.3 is 0 Å². The first kappa shape index (κ1) is 11.4. The number of hydrogen-bond donors (Lipinski definition) is 0. The highest BCUT2D eigenvalue weighted by atomic mass is 16.1. The van der Waals surface area contributed by atoms with Crippen LogP contribution in [0.3, 0.4) is 0 Å². The van der Waals surface area contributed by atoms with Crippen molar-refractivity contribution in [2.75, 3.05) is 0 Å². The summed E-state index contributed by atoms with van der Waals surface area (Å²) in [7, 11) is 0. The summed E-state index contributed by atoms with van der Waals surface area (Å²) < 4.78 is 0. The number of Topliss-reactive ketones (excluding diaryl/α,β-unsaturated/α-hetero) is 1. The molecule has 1 aromatic carbocycles. The molecule has 1 aliphatic rings. The van der Waals surface area contributed by atoms with Crippen molar-refractivity contribution in [3.05, 3.63) is 35.9 Å². The molecule has 0 N–H and O–H groups in total. The first-order valence-electron chi connectivity index (χ1n) is 6.05. The van der Waals surface area contributed by atoms with Gasteiger partial charge in [0, 0.05) is 6.42 Å². The Hall–Kier alpha value is -1.11. The standard InChI is InChI=1S/C15H20O/c1-11(16)10-15(2,3)14-9-13(14)12-7-5-4-6-8-12/h4-8,13-14H,9-10H2,1-3H3. The van der Waals surface area contributed by atoms with Gasteiger partial charge in [0.15, 0.2) is 0 Å². The fourth-order valence-corrected chi connectivity index (χ4v) is 2.90. The van der Waals surface area contributed by atoms with Crippen LogP contribution in [-0.2, 0) is 4.79 Å². The second kappa shape index (κ2) is 4.04. The van der Waals surface area contributed by atoms with Crippen LogP contribution < -0.4 is 0 Å². The number of ketones is 1. The lowest BCUT2D eigenvalue weighted by Gasteiger charge is -2.23. The van der Waals surface area contributed by atoms with Crippen molar-refractivity contribution >= 4 is 5.78 Å². The molecule has 1 aromatic rings. The summed E-state index contributed by atoms with van der Waals surface area (Å²) >= 11 is 0. The lowest BCUT2D eigenvalue weighted by molar-refractivity contribution is -0.119. The van der Waals surface area contributed by atoms with Crippen LogP contribution in [-0.4, -0.2) is 5.78 Å². The molecular formula is C15H20O. The Kier molecular flexibility index (Phi) is 2.88. The normalized spacial score (nSPS) is 24.2. The lowest BCUT2D eigenvalue weighted by Crippen LogP contribution is -2.18. The number of carbonyl (C=O) groups excluding carboxylic acids is 1. The van der Waals surface area contributed by atoms with E-state index in [1.807, 2.05) is 0 Å². The molecule has 1 heteroatoms. The molecule has 1 saturated carbocycles. The second-order valence-corrected chi connectivity index (χ2v) is 5.73. The monoisotopic (exact) mass is 216 g/mol. The van der Waals surface area contributed by atoms with Gasteiger partial charge in [-0.15, -0.1) is 0 Å². The molecule has 2 atom stereocenters. The maximum absolute atomic E-state index is 11.2. The van der Waals surface area contributed by atoms with Crippen LogP contribution in [0.4, 0.5) is 0 Å². The summed E-state index contributed by atoms with van der Waals surface area (Å²) in [5, 5.41) is 0. The molecule has 0 saturated heterocycles. The van der Waals surface area contributed by atoms with Crippen LogP contribution >= 0.6 is 0 Å². The van der Waals surface area contributed by atoms with Gasteiger partial charge in [-0.1, -0.05) is 44.2 Å². The summed E-state index contributed by atoms with van der Waals surface area (Å²) in [6, 6.07) is 10.7. The van der Waals surface area contributed by atoms with Gasteiger partial charge in [-0.2, -0.15) is 0 Å². The quantitative estimate of drug-likeness (QED) is 0.748. The van der Waals surface area contributed by atoms with E-state index in [0.717, 1.165) is 0 Å². The maximum atomic E-state index is 11.2. The fraction of sp³-hybridized carbons (Fsp3) is 0.533. The minimum absolute atomic E-state index is 0.159. The van der Waals surface area contributed by atoms with Crippen molar-refractivity contribution < 1.29 is 4.79 Å². The molecule has 0 heterocycles. The Morgan fingerprint density at radius 3 is 2.50 bits per heavy atom. The van der Waals surface area contributed by atoms with Gasteiger partial charge < -0.3 is 4.79 Å². The molecule has 0 radical (unpaired) electrons. The number of hydrogen-bond acceptors (Lipinski definition) is 1. The van der Waals surface area contributed by atoms with E-state index in [0.29, 0.717) is 24.0 Å². The zero-order chi connectivity index (χ0) is 11.8. The van der Waals surface area contributed by atoms with Gasteiger partial charge in [-0.3, -0.25) is 0 Å². The third-order valence-electron chi connectivity index (χ3n) is 3.73. The van der Waals surface area contributed by atoms with Crippen molar-refractivity contribution in [1.82, 2.24) is 0 Å². The molecule has 16 heavy (non-hydrogen) atoms. The molecule has 0 bridgehead atoms. The predicted molar refractivity (Wildman–Crippen MR) is 66.4 cm³/mol. The van der Waals surface area contributed by atoms with Gasteiger partial charge in [0.2, 0.25) is 0 Å². The van der Waals surface area contributed by atoms with Crippen molar-refractivity contribution in [2.45, 2.75) is 39.5 Å². The molecule has 2 unspecified atom stereocenters. The zero-order valence-corrected chi connectivity index (χ0v) is 10.4. The predicted octanol–water partition coefficient (Wildman–Crippen LogP) is 3.80. The maximum Gasteiger partial charge on any atom is 0.130 e. The van der Waals surface area contributed by atoms with E-state index in [9.17, 15) is 4.79 Å². The summed E-state index contributed by atoms with van der Waals surface area (Å²) in [5.74, 6) is 1.66. The molecule has 0 spiro atoms. The average Bonchev–Trinajstić information content (AvgIpc) is 2.97. The van der Waals surface area contributed by atoms with E-state index >= 15 is 0 Å². The van der Waals surface area contributed by atoms with Crippen molar-refractivity contribution in [3.63, 3.8) is 0 Å². The van der Waals surface area contributed by atoms with E-state index in [-0.39, 0.29) is 5.41 Å².